The number of methoxy groups -OCH3 is 1. The van der Waals surface area contributed by atoms with Gasteiger partial charge in [-0.2, -0.15) is 0 Å². The summed E-state index contributed by atoms with van der Waals surface area (Å²) >= 11 is 0. The van der Waals surface area contributed by atoms with Gasteiger partial charge < -0.3 is 19.5 Å². The molecule has 0 spiro atoms. The second kappa shape index (κ2) is 11.0. The van der Waals surface area contributed by atoms with Gasteiger partial charge in [0.25, 0.3) is 0 Å². The molecule has 37 heavy (non-hydrogen) atoms. The number of nitrogens with one attached hydrogen (secondary N) is 1. The van der Waals surface area contributed by atoms with Gasteiger partial charge in [0, 0.05) is 36.2 Å². The molecule has 1 heterocycles. The predicted octanol–water partition coefficient (Wildman–Crippen LogP) is 5.32. The first-order valence-corrected chi connectivity index (χ1v) is 12.6. The highest BCUT2D eigenvalue weighted by Crippen LogP contribution is 2.46. The highest BCUT2D eigenvalue weighted by atomic mass is 16.5. The van der Waals surface area contributed by atoms with Crippen LogP contribution >= 0.6 is 0 Å². The lowest BCUT2D eigenvalue weighted by Gasteiger charge is -2.37. The van der Waals surface area contributed by atoms with Gasteiger partial charge in [-0.05, 0) is 68.0 Å². The zero-order chi connectivity index (χ0) is 26.7. The van der Waals surface area contributed by atoms with Crippen LogP contribution in [0.1, 0.15) is 69.9 Å². The molecule has 1 aliphatic carbocycles. The van der Waals surface area contributed by atoms with Gasteiger partial charge in [-0.15, -0.1) is 0 Å². The van der Waals surface area contributed by atoms with Crippen LogP contribution in [0.4, 0.5) is 0 Å². The number of esters is 2. The lowest BCUT2D eigenvalue weighted by molar-refractivity contribution is -0.144. The van der Waals surface area contributed by atoms with Crippen LogP contribution in [0.3, 0.4) is 0 Å². The number of Topliss-reactive ketones (excluding diaryl/α,β-unsaturated/α-hetero) is 1. The Kier molecular flexibility index (Phi) is 7.81. The fraction of sp³-hybridized carbons (Fsp3) is 0.367. The molecule has 7 heteroatoms. The smallest absolute Gasteiger partial charge is 0.337 e. The second-order valence-corrected chi connectivity index (χ2v) is 9.58. The maximum Gasteiger partial charge on any atom is 0.337 e. The van der Waals surface area contributed by atoms with E-state index in [-0.39, 0.29) is 17.8 Å². The van der Waals surface area contributed by atoms with Crippen molar-refractivity contribution in [2.24, 2.45) is 0 Å². The molecule has 2 aliphatic rings. The summed E-state index contributed by atoms with van der Waals surface area (Å²) in [7, 11) is 1.63. The van der Waals surface area contributed by atoms with Crippen LogP contribution in [0, 0.1) is 0 Å². The molecule has 1 aliphatic heterocycles. The number of hydrogen-bond donors (Lipinski definition) is 1. The first-order chi connectivity index (χ1) is 17.7. The van der Waals surface area contributed by atoms with Crippen LogP contribution in [0.5, 0.6) is 11.5 Å². The van der Waals surface area contributed by atoms with Crippen molar-refractivity contribution in [3.8, 4) is 11.5 Å². The van der Waals surface area contributed by atoms with E-state index < -0.39 is 17.9 Å². The molecule has 2 aromatic rings. The summed E-state index contributed by atoms with van der Waals surface area (Å²) in [6.45, 7) is 6.99. The van der Waals surface area contributed by atoms with Crippen LogP contribution < -0.4 is 14.8 Å². The molecule has 0 unspecified atom stereocenters. The number of allylic oxidation sites excluding steroid dienone is 3. The van der Waals surface area contributed by atoms with Gasteiger partial charge in [-0.3, -0.25) is 9.59 Å². The first kappa shape index (κ1) is 26.2. The zero-order valence-corrected chi connectivity index (χ0v) is 21.9. The van der Waals surface area contributed by atoms with Gasteiger partial charge in [0.15, 0.2) is 5.78 Å². The molecule has 4 rings (SSSR count). The molecule has 2 aromatic carbocycles. The molecule has 7 nitrogen and oxygen atoms in total. The standard InChI is InChI=1S/C30H33NO6/c1-6-17(2)36-30(34)27-18(3)31-25-15-22(20-7-11-23(35-5)12-8-20)16-26(33)29(25)28(27)21-9-13-24(14-10-21)37-19(4)32/h7-14,17,22,28,31H,6,15-16H2,1-5H3/t17-,22-,28+/m1/s1. The van der Waals surface area contributed by atoms with E-state index in [1.54, 1.807) is 31.4 Å². The minimum atomic E-state index is -0.580. The second-order valence-electron chi connectivity index (χ2n) is 9.58. The lowest BCUT2D eigenvalue weighted by atomic mass is 9.71. The highest BCUT2D eigenvalue weighted by molar-refractivity contribution is 6.04. The van der Waals surface area contributed by atoms with Crippen molar-refractivity contribution in [1.82, 2.24) is 5.32 Å². The first-order valence-electron chi connectivity index (χ1n) is 12.6. The molecule has 1 N–H and O–H groups in total. The Morgan fingerprint density at radius 2 is 1.62 bits per heavy atom. The predicted molar refractivity (Wildman–Crippen MR) is 139 cm³/mol. The van der Waals surface area contributed by atoms with E-state index in [1.165, 1.54) is 6.92 Å². The summed E-state index contributed by atoms with van der Waals surface area (Å²) in [6.07, 6.45) is 1.41. The number of benzene rings is 2. The minimum absolute atomic E-state index is 0.00929. The minimum Gasteiger partial charge on any atom is -0.497 e. The van der Waals surface area contributed by atoms with Crippen molar-refractivity contribution in [2.45, 2.75) is 64.9 Å². The number of dihydropyridines is 1. The van der Waals surface area contributed by atoms with Crippen molar-refractivity contribution in [2.75, 3.05) is 7.11 Å². The lowest BCUT2D eigenvalue weighted by Crippen LogP contribution is -2.36. The van der Waals surface area contributed by atoms with Gasteiger partial charge in [0.05, 0.1) is 18.8 Å². The molecule has 3 atom stereocenters. The highest BCUT2D eigenvalue weighted by Gasteiger charge is 2.41. The summed E-state index contributed by atoms with van der Waals surface area (Å²) in [5, 5.41) is 3.37. The molecular formula is C30H33NO6. The largest absolute Gasteiger partial charge is 0.497 e. The molecule has 194 valence electrons. The Hall–Kier alpha value is -3.87. The van der Waals surface area contributed by atoms with Gasteiger partial charge in [-0.25, -0.2) is 4.79 Å². The number of carbonyl (C=O) groups excluding carboxylic acids is 3. The monoisotopic (exact) mass is 503 g/mol. The fourth-order valence-electron chi connectivity index (χ4n) is 4.98. The van der Waals surface area contributed by atoms with Crippen LogP contribution in [-0.4, -0.2) is 30.9 Å². The third-order valence-corrected chi connectivity index (χ3v) is 6.99. The number of carbonyl (C=O) groups is 3. The topological polar surface area (TPSA) is 90.9 Å². The SMILES string of the molecule is CC[C@@H](C)OC(=O)C1=C(C)NC2=C(C(=O)C[C@H](c3ccc(OC)cc3)C2)[C@H]1c1ccc(OC(C)=O)cc1. The van der Waals surface area contributed by atoms with E-state index >= 15 is 0 Å². The number of hydrogen-bond acceptors (Lipinski definition) is 7. The van der Waals surface area contributed by atoms with Gasteiger partial charge >= 0.3 is 11.9 Å². The molecule has 0 bridgehead atoms. The maximum absolute atomic E-state index is 13.7. The number of ether oxygens (including phenoxy) is 3. The van der Waals surface area contributed by atoms with Crippen LogP contribution in [0.2, 0.25) is 0 Å². The molecule has 0 saturated heterocycles. The third-order valence-electron chi connectivity index (χ3n) is 6.99. The van der Waals surface area contributed by atoms with Gasteiger partial charge in [0.1, 0.15) is 11.5 Å². The number of ketones is 1. The Morgan fingerprint density at radius 3 is 2.22 bits per heavy atom. The molecule has 0 amide bonds. The Balaban J connectivity index is 1.74. The normalized spacial score (nSPS) is 20.1. The van der Waals surface area contributed by atoms with Crippen molar-refractivity contribution in [3.05, 3.63) is 82.2 Å². The summed E-state index contributed by atoms with van der Waals surface area (Å²) in [5.74, 6) is -0.266. The van der Waals surface area contributed by atoms with E-state index in [4.69, 9.17) is 14.2 Å². The molecule has 0 fully saturated rings. The third kappa shape index (κ3) is 5.61. The van der Waals surface area contributed by atoms with E-state index in [1.807, 2.05) is 45.0 Å². The number of rotatable bonds is 7. The van der Waals surface area contributed by atoms with E-state index in [2.05, 4.69) is 5.32 Å². The van der Waals surface area contributed by atoms with Crippen molar-refractivity contribution < 1.29 is 28.6 Å². The van der Waals surface area contributed by atoms with Gasteiger partial charge in [-0.1, -0.05) is 31.2 Å². The fourth-order valence-corrected chi connectivity index (χ4v) is 4.98. The van der Waals surface area contributed by atoms with Gasteiger partial charge in [0.2, 0.25) is 0 Å². The molecular weight excluding hydrogens is 470 g/mol. The maximum atomic E-state index is 13.7. The summed E-state index contributed by atoms with van der Waals surface area (Å²) in [4.78, 5) is 38.5. The van der Waals surface area contributed by atoms with E-state index in [0.29, 0.717) is 41.9 Å². The quantitative estimate of drug-likeness (QED) is 0.404. The summed E-state index contributed by atoms with van der Waals surface area (Å²) in [5.41, 5.74) is 4.33. The molecule has 0 radical (unpaired) electrons. The Bertz CT molecular complexity index is 1260. The summed E-state index contributed by atoms with van der Waals surface area (Å²) < 4.78 is 16.2. The average Bonchev–Trinajstić information content (AvgIpc) is 2.87. The van der Waals surface area contributed by atoms with Crippen LogP contribution in [0.25, 0.3) is 0 Å². The Labute approximate surface area is 217 Å². The van der Waals surface area contributed by atoms with Crippen molar-refractivity contribution in [3.63, 3.8) is 0 Å². The average molecular weight is 504 g/mol. The van der Waals surface area contributed by atoms with E-state index in [9.17, 15) is 14.4 Å². The zero-order valence-electron chi connectivity index (χ0n) is 21.9. The Morgan fingerprint density at radius 1 is 1.00 bits per heavy atom. The molecule has 0 saturated carbocycles. The van der Waals surface area contributed by atoms with Crippen LogP contribution in [0.15, 0.2) is 71.1 Å². The summed E-state index contributed by atoms with van der Waals surface area (Å²) in [6, 6.07) is 14.7. The van der Waals surface area contributed by atoms with Crippen LogP contribution in [-0.2, 0) is 19.1 Å². The van der Waals surface area contributed by atoms with Crippen molar-refractivity contribution >= 4 is 17.7 Å². The van der Waals surface area contributed by atoms with Crippen molar-refractivity contribution in [1.29, 1.82) is 0 Å². The van der Waals surface area contributed by atoms with E-state index in [0.717, 1.165) is 22.6 Å². The molecule has 0 aromatic heterocycles.